The van der Waals surface area contributed by atoms with Crippen LogP contribution in [0.2, 0.25) is 0 Å². The van der Waals surface area contributed by atoms with E-state index in [1.807, 2.05) is 37.4 Å². The fourth-order valence-electron chi connectivity index (χ4n) is 4.85. The number of carbonyl (C=O) groups excluding carboxylic acids is 1. The number of fused-ring (bicyclic) bond motifs is 5. The van der Waals surface area contributed by atoms with E-state index in [4.69, 9.17) is 9.40 Å². The first-order valence-corrected chi connectivity index (χ1v) is 11.7. The molecule has 0 radical (unpaired) electrons. The number of nitrogens with one attached hydrogen (secondary N) is 2. The summed E-state index contributed by atoms with van der Waals surface area (Å²) >= 11 is 1.57. The van der Waals surface area contributed by atoms with Crippen LogP contribution in [0.25, 0.3) is 32.6 Å². The van der Waals surface area contributed by atoms with Crippen molar-refractivity contribution in [2.45, 2.75) is 44.1 Å². The number of furan rings is 1. The number of nitrogens with zero attached hydrogens (tertiary/aromatic N) is 3. The molecule has 3 aromatic heterocycles. The monoisotopic (exact) mass is 443 g/mol. The van der Waals surface area contributed by atoms with Gasteiger partial charge in [-0.05, 0) is 44.0 Å². The van der Waals surface area contributed by atoms with E-state index in [0.29, 0.717) is 17.9 Å². The van der Waals surface area contributed by atoms with Gasteiger partial charge in [0.1, 0.15) is 10.6 Å². The maximum atomic E-state index is 12.5. The fourth-order valence-corrected chi connectivity index (χ4v) is 5.93. The Morgan fingerprint density at radius 1 is 1.25 bits per heavy atom. The van der Waals surface area contributed by atoms with Gasteiger partial charge < -0.3 is 15.1 Å². The van der Waals surface area contributed by atoms with Crippen molar-refractivity contribution in [3.8, 4) is 16.8 Å². The molecule has 1 atom stereocenters. The van der Waals surface area contributed by atoms with Crippen LogP contribution in [0.4, 0.5) is 5.69 Å². The Morgan fingerprint density at radius 3 is 2.91 bits per heavy atom. The van der Waals surface area contributed by atoms with Gasteiger partial charge in [0.2, 0.25) is 5.76 Å². The highest BCUT2D eigenvalue weighted by molar-refractivity contribution is 7.15. The summed E-state index contributed by atoms with van der Waals surface area (Å²) in [5.74, 6) is 0.101. The standard InChI is InChI=1S/C24H21N5O2S/c1-13-10-26-20-19-14-4-5-16(23-27-11-18(32-23)24(12-25)8-2-3-9-24)29-15(14)6-7-17(19)31-21(20)22(30)28-13/h4-7,11,13,26H,2-3,8-10H2,1H3,(H,28,30)/t13-/m1/s1. The van der Waals surface area contributed by atoms with Gasteiger partial charge in [-0.1, -0.05) is 12.8 Å². The first-order valence-electron chi connectivity index (χ1n) is 10.9. The van der Waals surface area contributed by atoms with Crippen molar-refractivity contribution >= 4 is 44.8 Å². The lowest BCUT2D eigenvalue weighted by atomic mass is 9.87. The molecule has 1 aliphatic heterocycles. The molecule has 32 heavy (non-hydrogen) atoms. The first kappa shape index (κ1) is 19.3. The third-order valence-electron chi connectivity index (χ3n) is 6.56. The number of pyridine rings is 1. The van der Waals surface area contributed by atoms with E-state index in [9.17, 15) is 10.1 Å². The van der Waals surface area contributed by atoms with Crippen molar-refractivity contribution in [3.63, 3.8) is 0 Å². The minimum Gasteiger partial charge on any atom is -0.449 e. The molecular formula is C24H21N5O2S. The summed E-state index contributed by atoms with van der Waals surface area (Å²) in [5, 5.41) is 18.7. The summed E-state index contributed by atoms with van der Waals surface area (Å²) in [6, 6.07) is 10.3. The third-order valence-corrected chi connectivity index (χ3v) is 7.78. The number of hydrogen-bond donors (Lipinski definition) is 2. The minimum absolute atomic E-state index is 0.00974. The Hall–Kier alpha value is -3.44. The van der Waals surface area contributed by atoms with Crippen LogP contribution in [0.15, 0.2) is 34.9 Å². The molecule has 2 aliphatic rings. The van der Waals surface area contributed by atoms with Crippen molar-refractivity contribution in [1.82, 2.24) is 15.3 Å². The summed E-state index contributed by atoms with van der Waals surface area (Å²) in [4.78, 5) is 23.0. The Balaban J connectivity index is 1.45. The van der Waals surface area contributed by atoms with E-state index in [0.717, 1.165) is 63.2 Å². The van der Waals surface area contributed by atoms with Crippen molar-refractivity contribution in [2.24, 2.45) is 0 Å². The molecule has 160 valence electrons. The molecule has 1 aromatic carbocycles. The number of thiazole rings is 1. The Bertz CT molecular complexity index is 1420. The second-order valence-electron chi connectivity index (χ2n) is 8.69. The molecule has 1 amide bonds. The highest BCUT2D eigenvalue weighted by Gasteiger charge is 2.37. The van der Waals surface area contributed by atoms with Crippen molar-refractivity contribution in [3.05, 3.63) is 41.1 Å². The lowest BCUT2D eigenvalue weighted by molar-refractivity contribution is 0.0920. The van der Waals surface area contributed by atoms with Crippen LogP contribution in [0.3, 0.4) is 0 Å². The molecule has 0 bridgehead atoms. The van der Waals surface area contributed by atoms with Crippen molar-refractivity contribution in [1.29, 1.82) is 5.26 Å². The molecule has 6 rings (SSSR count). The van der Waals surface area contributed by atoms with Crippen LogP contribution < -0.4 is 10.6 Å². The Morgan fingerprint density at radius 2 is 2.09 bits per heavy atom. The summed E-state index contributed by atoms with van der Waals surface area (Å²) in [6.45, 7) is 2.58. The van der Waals surface area contributed by atoms with Gasteiger partial charge in [-0.25, -0.2) is 9.97 Å². The number of amides is 1. The molecule has 0 spiro atoms. The maximum Gasteiger partial charge on any atom is 0.289 e. The maximum absolute atomic E-state index is 12.5. The number of rotatable bonds is 2. The quantitative estimate of drug-likeness (QED) is 0.453. The average molecular weight is 444 g/mol. The Kier molecular flexibility index (Phi) is 4.24. The van der Waals surface area contributed by atoms with Gasteiger partial charge in [-0.2, -0.15) is 5.26 Å². The normalized spacial score (nSPS) is 19.9. The lowest BCUT2D eigenvalue weighted by Gasteiger charge is -2.16. The van der Waals surface area contributed by atoms with Crippen LogP contribution in [-0.2, 0) is 5.41 Å². The smallest absolute Gasteiger partial charge is 0.289 e. The second kappa shape index (κ2) is 7.04. The van der Waals surface area contributed by atoms with Gasteiger partial charge in [0.05, 0.1) is 33.8 Å². The highest BCUT2D eigenvalue weighted by Crippen LogP contribution is 2.44. The lowest BCUT2D eigenvalue weighted by Crippen LogP contribution is -2.34. The number of carbonyl (C=O) groups is 1. The van der Waals surface area contributed by atoms with E-state index >= 15 is 0 Å². The zero-order valence-corrected chi connectivity index (χ0v) is 18.4. The minimum atomic E-state index is -0.392. The van der Waals surface area contributed by atoms with Crippen molar-refractivity contribution in [2.75, 3.05) is 11.9 Å². The average Bonchev–Trinajstić information content (AvgIpc) is 3.54. The molecule has 7 nitrogen and oxygen atoms in total. The van der Waals surface area contributed by atoms with Crippen molar-refractivity contribution < 1.29 is 9.21 Å². The number of anilines is 1. The number of aromatic nitrogens is 2. The third kappa shape index (κ3) is 2.81. The molecule has 0 unspecified atom stereocenters. The van der Waals surface area contributed by atoms with E-state index in [1.165, 1.54) is 0 Å². The molecule has 1 fully saturated rings. The first-order chi connectivity index (χ1) is 15.6. The summed E-state index contributed by atoms with van der Waals surface area (Å²) in [6.07, 6.45) is 5.83. The van der Waals surface area contributed by atoms with Gasteiger partial charge in [0, 0.05) is 29.0 Å². The molecule has 1 saturated carbocycles. The summed E-state index contributed by atoms with van der Waals surface area (Å²) < 4.78 is 5.89. The van der Waals surface area contributed by atoms with Crippen LogP contribution in [-0.4, -0.2) is 28.5 Å². The summed E-state index contributed by atoms with van der Waals surface area (Å²) in [7, 11) is 0. The van der Waals surface area contributed by atoms with Gasteiger partial charge in [0.25, 0.3) is 5.91 Å². The fraction of sp³-hybridized carbons (Fsp3) is 0.333. The molecule has 4 aromatic rings. The molecule has 2 N–H and O–H groups in total. The topological polar surface area (TPSA) is 104 Å². The summed E-state index contributed by atoms with van der Waals surface area (Å²) in [5.41, 5.74) is 2.58. The van der Waals surface area contributed by atoms with Crippen LogP contribution in [0.5, 0.6) is 0 Å². The zero-order valence-electron chi connectivity index (χ0n) is 17.6. The van der Waals surface area contributed by atoms with E-state index in [2.05, 4.69) is 21.7 Å². The van der Waals surface area contributed by atoms with E-state index < -0.39 is 5.41 Å². The highest BCUT2D eigenvalue weighted by atomic mass is 32.1. The zero-order chi connectivity index (χ0) is 21.9. The predicted octanol–water partition coefficient (Wildman–Crippen LogP) is 4.98. The molecule has 1 aliphatic carbocycles. The molecule has 8 heteroatoms. The second-order valence-corrected chi connectivity index (χ2v) is 9.72. The largest absolute Gasteiger partial charge is 0.449 e. The van der Waals surface area contributed by atoms with Gasteiger partial charge >= 0.3 is 0 Å². The van der Waals surface area contributed by atoms with Crippen LogP contribution in [0.1, 0.15) is 48.0 Å². The number of hydrogen-bond acceptors (Lipinski definition) is 7. The predicted molar refractivity (Wildman–Crippen MR) is 124 cm³/mol. The number of nitriles is 1. The number of benzene rings is 1. The van der Waals surface area contributed by atoms with Gasteiger partial charge in [0.15, 0.2) is 0 Å². The Labute approximate surface area is 188 Å². The molecular weight excluding hydrogens is 422 g/mol. The molecule has 4 heterocycles. The van der Waals surface area contributed by atoms with Crippen LogP contribution in [0, 0.1) is 11.3 Å². The van der Waals surface area contributed by atoms with Gasteiger partial charge in [-0.15, -0.1) is 11.3 Å². The van der Waals surface area contributed by atoms with Gasteiger partial charge in [-0.3, -0.25) is 4.79 Å². The van der Waals surface area contributed by atoms with Crippen LogP contribution >= 0.6 is 11.3 Å². The van der Waals surface area contributed by atoms with E-state index in [-0.39, 0.29) is 11.9 Å². The molecule has 0 saturated heterocycles. The SMILES string of the molecule is C[C@@H]1CNc2c(oc3ccc4nc(-c5ncc(C6(C#N)CCCC6)s5)ccc4c23)C(=O)N1. The van der Waals surface area contributed by atoms with E-state index in [1.54, 1.807) is 11.3 Å².